The van der Waals surface area contributed by atoms with Crippen LogP contribution >= 0.6 is 0 Å². The number of rotatable bonds is 4. The summed E-state index contributed by atoms with van der Waals surface area (Å²) in [5, 5.41) is 2.76. The molecule has 25 heavy (non-hydrogen) atoms. The quantitative estimate of drug-likeness (QED) is 0.794. The first-order chi connectivity index (χ1) is 12.1. The Hall–Kier alpha value is -3.47. The van der Waals surface area contributed by atoms with Gasteiger partial charge in [0, 0.05) is 30.2 Å². The van der Waals surface area contributed by atoms with E-state index in [0.717, 1.165) is 5.69 Å². The first-order valence-electron chi connectivity index (χ1n) is 7.81. The minimum absolute atomic E-state index is 0.191. The number of pyridine rings is 1. The summed E-state index contributed by atoms with van der Waals surface area (Å²) in [4.78, 5) is 30.6. The first kappa shape index (κ1) is 16.4. The zero-order chi connectivity index (χ0) is 17.6. The molecule has 0 aliphatic rings. The fourth-order valence-corrected chi connectivity index (χ4v) is 2.37. The van der Waals surface area contributed by atoms with Crippen LogP contribution in [0, 0.1) is 0 Å². The van der Waals surface area contributed by atoms with Gasteiger partial charge >= 0.3 is 0 Å². The van der Waals surface area contributed by atoms with E-state index in [1.54, 1.807) is 25.2 Å². The number of carbonyl (C=O) groups is 2. The molecule has 0 atom stereocenters. The third kappa shape index (κ3) is 3.90. The highest BCUT2D eigenvalue weighted by Crippen LogP contribution is 2.15. The van der Waals surface area contributed by atoms with Gasteiger partial charge in [-0.25, -0.2) is 0 Å². The maximum Gasteiger partial charge on any atom is 0.274 e. The van der Waals surface area contributed by atoms with E-state index in [1.165, 1.54) is 17.2 Å². The molecule has 0 aliphatic carbocycles. The standard InChI is InChI=1S/C20H17N3O2/c1-23(17-10-6-3-7-11-17)20(25)15-12-13-21-18(14-15)19(24)22-16-8-4-2-5-9-16/h2-14H,1H3,(H,22,24). The third-order valence-corrected chi connectivity index (χ3v) is 3.72. The number of hydrogen-bond acceptors (Lipinski definition) is 3. The van der Waals surface area contributed by atoms with E-state index in [4.69, 9.17) is 0 Å². The van der Waals surface area contributed by atoms with Gasteiger partial charge in [-0.3, -0.25) is 14.6 Å². The SMILES string of the molecule is CN(C(=O)c1ccnc(C(=O)Nc2ccccc2)c1)c1ccccc1. The van der Waals surface area contributed by atoms with Crippen LogP contribution in [0.4, 0.5) is 11.4 Å². The molecule has 0 saturated heterocycles. The number of nitrogens with one attached hydrogen (secondary N) is 1. The molecule has 3 aromatic rings. The van der Waals surface area contributed by atoms with E-state index in [2.05, 4.69) is 10.3 Å². The van der Waals surface area contributed by atoms with Gasteiger partial charge < -0.3 is 10.2 Å². The van der Waals surface area contributed by atoms with Crippen molar-refractivity contribution in [2.45, 2.75) is 0 Å². The molecule has 1 heterocycles. The van der Waals surface area contributed by atoms with Crippen LogP contribution in [0.2, 0.25) is 0 Å². The Morgan fingerprint density at radius 1 is 0.920 bits per heavy atom. The number of carbonyl (C=O) groups excluding carboxylic acids is 2. The number of para-hydroxylation sites is 2. The van der Waals surface area contributed by atoms with Crippen LogP contribution in [0.1, 0.15) is 20.8 Å². The predicted molar refractivity (Wildman–Crippen MR) is 97.8 cm³/mol. The molecule has 0 bridgehead atoms. The van der Waals surface area contributed by atoms with Crippen LogP contribution in [0.5, 0.6) is 0 Å². The minimum atomic E-state index is -0.358. The van der Waals surface area contributed by atoms with Gasteiger partial charge in [0.15, 0.2) is 0 Å². The monoisotopic (exact) mass is 331 g/mol. The van der Waals surface area contributed by atoms with E-state index in [1.807, 2.05) is 48.5 Å². The van der Waals surface area contributed by atoms with Crippen LogP contribution in [0.3, 0.4) is 0 Å². The Labute approximate surface area is 145 Å². The van der Waals surface area contributed by atoms with Crippen LogP contribution < -0.4 is 10.2 Å². The van der Waals surface area contributed by atoms with Gasteiger partial charge in [0.2, 0.25) is 0 Å². The molecule has 2 amide bonds. The van der Waals surface area contributed by atoms with Crippen molar-refractivity contribution in [3.63, 3.8) is 0 Å². The molecule has 0 fully saturated rings. The predicted octanol–water partition coefficient (Wildman–Crippen LogP) is 3.61. The minimum Gasteiger partial charge on any atom is -0.321 e. The van der Waals surface area contributed by atoms with Gasteiger partial charge in [-0.2, -0.15) is 0 Å². The fourth-order valence-electron chi connectivity index (χ4n) is 2.37. The average Bonchev–Trinajstić information content (AvgIpc) is 2.68. The lowest BCUT2D eigenvalue weighted by Gasteiger charge is -2.17. The maximum atomic E-state index is 12.6. The Morgan fingerprint density at radius 2 is 1.56 bits per heavy atom. The molecular weight excluding hydrogens is 314 g/mol. The molecule has 0 radical (unpaired) electrons. The molecule has 2 aromatic carbocycles. The summed E-state index contributed by atoms with van der Waals surface area (Å²) in [5.74, 6) is -0.564. The van der Waals surface area contributed by atoms with Crippen LogP contribution in [-0.2, 0) is 0 Å². The second kappa shape index (κ2) is 7.40. The van der Waals surface area contributed by atoms with Crippen molar-refractivity contribution in [3.05, 3.63) is 90.3 Å². The average molecular weight is 331 g/mol. The summed E-state index contributed by atoms with van der Waals surface area (Å²) in [7, 11) is 1.70. The Morgan fingerprint density at radius 3 is 2.24 bits per heavy atom. The van der Waals surface area contributed by atoms with Gasteiger partial charge in [0.1, 0.15) is 5.69 Å². The number of anilines is 2. The second-order valence-electron chi connectivity index (χ2n) is 5.45. The van der Waals surface area contributed by atoms with Gasteiger partial charge in [-0.15, -0.1) is 0 Å². The number of nitrogens with zero attached hydrogens (tertiary/aromatic N) is 2. The number of hydrogen-bond donors (Lipinski definition) is 1. The lowest BCUT2D eigenvalue weighted by molar-refractivity contribution is 0.0993. The smallest absolute Gasteiger partial charge is 0.274 e. The highest BCUT2D eigenvalue weighted by molar-refractivity contribution is 6.08. The molecule has 3 rings (SSSR count). The lowest BCUT2D eigenvalue weighted by Crippen LogP contribution is -2.26. The van der Waals surface area contributed by atoms with Gasteiger partial charge in [0.05, 0.1) is 0 Å². The summed E-state index contributed by atoms with van der Waals surface area (Å²) in [6.45, 7) is 0. The zero-order valence-corrected chi connectivity index (χ0v) is 13.7. The first-order valence-corrected chi connectivity index (χ1v) is 7.81. The topological polar surface area (TPSA) is 62.3 Å². The van der Waals surface area contributed by atoms with E-state index in [0.29, 0.717) is 11.3 Å². The molecule has 0 spiro atoms. The molecule has 124 valence electrons. The van der Waals surface area contributed by atoms with Crippen molar-refractivity contribution in [2.24, 2.45) is 0 Å². The van der Waals surface area contributed by atoms with Gasteiger partial charge in [-0.1, -0.05) is 36.4 Å². The summed E-state index contributed by atoms with van der Waals surface area (Å²) in [6.07, 6.45) is 1.46. The molecular formula is C20H17N3O2. The Kier molecular flexibility index (Phi) is 4.85. The van der Waals surface area contributed by atoms with Crippen LogP contribution in [0.15, 0.2) is 79.0 Å². The lowest BCUT2D eigenvalue weighted by atomic mass is 10.2. The Balaban J connectivity index is 1.79. The second-order valence-corrected chi connectivity index (χ2v) is 5.45. The molecule has 5 heteroatoms. The summed E-state index contributed by atoms with van der Waals surface area (Å²) < 4.78 is 0. The molecule has 1 N–H and O–H groups in total. The number of benzene rings is 2. The van der Waals surface area contributed by atoms with Crippen LogP contribution in [0.25, 0.3) is 0 Å². The molecule has 0 aliphatic heterocycles. The van der Waals surface area contributed by atoms with Crippen molar-refractivity contribution in [3.8, 4) is 0 Å². The van der Waals surface area contributed by atoms with Crippen molar-refractivity contribution >= 4 is 23.2 Å². The molecule has 0 saturated carbocycles. The van der Waals surface area contributed by atoms with Crippen LogP contribution in [-0.4, -0.2) is 23.8 Å². The fraction of sp³-hybridized carbons (Fsp3) is 0.0500. The summed E-state index contributed by atoms with van der Waals surface area (Å²) in [5.41, 5.74) is 2.04. The normalized spacial score (nSPS) is 10.1. The van der Waals surface area contributed by atoms with Crippen molar-refractivity contribution in [1.29, 1.82) is 0 Å². The molecule has 5 nitrogen and oxygen atoms in total. The Bertz CT molecular complexity index is 880. The summed E-state index contributed by atoms with van der Waals surface area (Å²) >= 11 is 0. The van der Waals surface area contributed by atoms with E-state index in [-0.39, 0.29) is 17.5 Å². The van der Waals surface area contributed by atoms with E-state index in [9.17, 15) is 9.59 Å². The van der Waals surface area contributed by atoms with Crippen molar-refractivity contribution in [2.75, 3.05) is 17.3 Å². The molecule has 0 unspecified atom stereocenters. The van der Waals surface area contributed by atoms with Gasteiger partial charge in [-0.05, 0) is 36.4 Å². The highest BCUT2D eigenvalue weighted by Gasteiger charge is 2.16. The van der Waals surface area contributed by atoms with E-state index >= 15 is 0 Å². The van der Waals surface area contributed by atoms with Gasteiger partial charge in [0.25, 0.3) is 11.8 Å². The largest absolute Gasteiger partial charge is 0.321 e. The number of amides is 2. The number of aromatic nitrogens is 1. The van der Waals surface area contributed by atoms with Crippen molar-refractivity contribution in [1.82, 2.24) is 4.98 Å². The third-order valence-electron chi connectivity index (χ3n) is 3.72. The van der Waals surface area contributed by atoms with Crippen molar-refractivity contribution < 1.29 is 9.59 Å². The highest BCUT2D eigenvalue weighted by atomic mass is 16.2. The molecule has 1 aromatic heterocycles. The zero-order valence-electron chi connectivity index (χ0n) is 13.7. The maximum absolute atomic E-state index is 12.6. The summed E-state index contributed by atoms with van der Waals surface area (Å²) in [6, 6.07) is 21.5. The van der Waals surface area contributed by atoms with E-state index < -0.39 is 0 Å².